The highest BCUT2D eigenvalue weighted by atomic mass is 19.4. The Morgan fingerprint density at radius 1 is 1.26 bits per heavy atom. The summed E-state index contributed by atoms with van der Waals surface area (Å²) in [5, 5.41) is 11.8. The fourth-order valence-corrected chi connectivity index (χ4v) is 1.92. The number of nitrogens with zero attached hydrogens (tertiary/aromatic N) is 3. The smallest absolute Gasteiger partial charge is 0.384 e. The number of alkyl halides is 3. The molecule has 2 heterocycles. The van der Waals surface area contributed by atoms with Gasteiger partial charge in [0.05, 0.1) is 0 Å². The van der Waals surface area contributed by atoms with E-state index in [2.05, 4.69) is 20.3 Å². The van der Waals surface area contributed by atoms with Crippen molar-refractivity contribution in [2.24, 2.45) is 0 Å². The number of aryl methyl sites for hydroxylation is 1. The molecule has 1 atom stereocenters. The van der Waals surface area contributed by atoms with Crippen LogP contribution in [-0.2, 0) is 0 Å². The van der Waals surface area contributed by atoms with Crippen LogP contribution in [0.5, 0.6) is 0 Å². The first kappa shape index (κ1) is 17.1. The third-order valence-corrected chi connectivity index (χ3v) is 3.40. The van der Waals surface area contributed by atoms with E-state index >= 15 is 0 Å². The Morgan fingerprint density at radius 3 is 2.61 bits per heavy atom. The summed E-state index contributed by atoms with van der Waals surface area (Å²) < 4.78 is 36.9. The standard InChI is InChI=1S/C15H17F3N4O/c1-9-10(2)21-14(11-4-3-6-19-8-11)22-13(9)20-7-5-12(23)15(16,17)18/h3-4,6,8,12,23H,5,7H2,1-2H3,(H,20,21,22). The summed E-state index contributed by atoms with van der Waals surface area (Å²) in [5.74, 6) is 0.894. The minimum absolute atomic E-state index is 0.0511. The van der Waals surface area contributed by atoms with E-state index in [9.17, 15) is 13.2 Å². The monoisotopic (exact) mass is 326 g/mol. The molecule has 23 heavy (non-hydrogen) atoms. The van der Waals surface area contributed by atoms with Gasteiger partial charge in [0, 0.05) is 35.8 Å². The minimum Gasteiger partial charge on any atom is -0.384 e. The molecule has 2 rings (SSSR count). The molecule has 0 aromatic carbocycles. The molecule has 0 bridgehead atoms. The van der Waals surface area contributed by atoms with Crippen molar-refractivity contribution in [1.29, 1.82) is 0 Å². The second-order valence-electron chi connectivity index (χ2n) is 5.12. The second kappa shape index (κ2) is 6.91. The van der Waals surface area contributed by atoms with Crippen molar-refractivity contribution in [1.82, 2.24) is 15.0 Å². The molecular formula is C15H17F3N4O. The van der Waals surface area contributed by atoms with Crippen molar-refractivity contribution in [3.8, 4) is 11.4 Å². The Labute approximate surface area is 131 Å². The van der Waals surface area contributed by atoms with Gasteiger partial charge in [-0.3, -0.25) is 4.98 Å². The SMILES string of the molecule is Cc1nc(-c2cccnc2)nc(NCCC(O)C(F)(F)F)c1C. The number of aliphatic hydroxyl groups is 1. The topological polar surface area (TPSA) is 70.9 Å². The molecular weight excluding hydrogens is 309 g/mol. The van der Waals surface area contributed by atoms with Crippen LogP contribution in [0.1, 0.15) is 17.7 Å². The Morgan fingerprint density at radius 2 is 2.00 bits per heavy atom. The molecule has 124 valence electrons. The minimum atomic E-state index is -4.61. The Hall–Kier alpha value is -2.22. The fraction of sp³-hybridized carbons (Fsp3) is 0.400. The number of nitrogens with one attached hydrogen (secondary N) is 1. The molecule has 0 aliphatic rings. The van der Waals surface area contributed by atoms with Gasteiger partial charge in [-0.1, -0.05) is 0 Å². The molecule has 5 nitrogen and oxygen atoms in total. The Kier molecular flexibility index (Phi) is 5.15. The number of rotatable bonds is 5. The molecule has 0 spiro atoms. The molecule has 2 aromatic rings. The predicted molar refractivity (Wildman–Crippen MR) is 79.9 cm³/mol. The van der Waals surface area contributed by atoms with E-state index in [0.29, 0.717) is 17.2 Å². The molecule has 2 N–H and O–H groups in total. The van der Waals surface area contributed by atoms with Gasteiger partial charge in [-0.25, -0.2) is 9.97 Å². The summed E-state index contributed by atoms with van der Waals surface area (Å²) in [4.78, 5) is 12.7. The summed E-state index contributed by atoms with van der Waals surface area (Å²) in [6.45, 7) is 3.53. The van der Waals surface area contributed by atoms with Crippen LogP contribution in [-0.4, -0.2) is 38.9 Å². The first-order valence-corrected chi connectivity index (χ1v) is 7.03. The number of hydrogen-bond donors (Lipinski definition) is 2. The number of hydrogen-bond acceptors (Lipinski definition) is 5. The number of halogens is 3. The van der Waals surface area contributed by atoms with Crippen LogP contribution in [0.2, 0.25) is 0 Å². The van der Waals surface area contributed by atoms with Crippen molar-refractivity contribution in [2.75, 3.05) is 11.9 Å². The van der Waals surface area contributed by atoms with Gasteiger partial charge in [-0.05, 0) is 32.4 Å². The molecule has 8 heteroatoms. The number of anilines is 1. The second-order valence-corrected chi connectivity index (χ2v) is 5.12. The van der Waals surface area contributed by atoms with Crippen LogP contribution in [0.15, 0.2) is 24.5 Å². The van der Waals surface area contributed by atoms with E-state index in [1.54, 1.807) is 38.4 Å². The van der Waals surface area contributed by atoms with Crippen LogP contribution >= 0.6 is 0 Å². The van der Waals surface area contributed by atoms with Gasteiger partial charge in [0.2, 0.25) is 0 Å². The van der Waals surface area contributed by atoms with Crippen molar-refractivity contribution < 1.29 is 18.3 Å². The summed E-state index contributed by atoms with van der Waals surface area (Å²) in [7, 11) is 0. The van der Waals surface area contributed by atoms with Crippen molar-refractivity contribution >= 4 is 5.82 Å². The largest absolute Gasteiger partial charge is 0.414 e. The highest BCUT2D eigenvalue weighted by molar-refractivity contribution is 5.58. The highest BCUT2D eigenvalue weighted by Gasteiger charge is 2.37. The molecule has 2 aromatic heterocycles. The average Bonchev–Trinajstić information content (AvgIpc) is 2.51. The summed E-state index contributed by atoms with van der Waals surface area (Å²) in [5.41, 5.74) is 2.19. The van der Waals surface area contributed by atoms with Crippen LogP contribution in [0, 0.1) is 13.8 Å². The number of aliphatic hydroxyl groups excluding tert-OH is 1. The summed E-state index contributed by atoms with van der Waals surface area (Å²) >= 11 is 0. The van der Waals surface area contributed by atoms with Gasteiger partial charge >= 0.3 is 6.18 Å². The lowest BCUT2D eigenvalue weighted by Crippen LogP contribution is -2.30. The van der Waals surface area contributed by atoms with E-state index in [4.69, 9.17) is 5.11 Å². The van der Waals surface area contributed by atoms with Crippen molar-refractivity contribution in [2.45, 2.75) is 32.5 Å². The normalized spacial score (nSPS) is 13.0. The molecule has 0 aliphatic carbocycles. The maximum absolute atomic E-state index is 12.3. The molecule has 0 saturated heterocycles. The molecule has 0 amide bonds. The summed E-state index contributed by atoms with van der Waals surface area (Å²) in [6, 6.07) is 3.55. The van der Waals surface area contributed by atoms with E-state index in [1.165, 1.54) is 0 Å². The fourth-order valence-electron chi connectivity index (χ4n) is 1.92. The van der Waals surface area contributed by atoms with Crippen LogP contribution in [0.4, 0.5) is 19.0 Å². The van der Waals surface area contributed by atoms with Gasteiger partial charge in [0.25, 0.3) is 0 Å². The van der Waals surface area contributed by atoms with Gasteiger partial charge in [-0.15, -0.1) is 0 Å². The maximum Gasteiger partial charge on any atom is 0.414 e. The van der Waals surface area contributed by atoms with Gasteiger partial charge in [0.1, 0.15) is 5.82 Å². The van der Waals surface area contributed by atoms with Crippen LogP contribution in [0.25, 0.3) is 11.4 Å². The zero-order valence-electron chi connectivity index (χ0n) is 12.7. The van der Waals surface area contributed by atoms with E-state index in [0.717, 1.165) is 11.3 Å². The van der Waals surface area contributed by atoms with Gasteiger partial charge in [-0.2, -0.15) is 13.2 Å². The molecule has 1 unspecified atom stereocenters. The lowest BCUT2D eigenvalue weighted by Gasteiger charge is -2.16. The molecule has 0 aliphatic heterocycles. The van der Waals surface area contributed by atoms with E-state index in [-0.39, 0.29) is 6.54 Å². The van der Waals surface area contributed by atoms with Crippen LogP contribution in [0.3, 0.4) is 0 Å². The van der Waals surface area contributed by atoms with E-state index in [1.807, 2.05) is 0 Å². The van der Waals surface area contributed by atoms with E-state index < -0.39 is 18.7 Å². The average molecular weight is 326 g/mol. The Balaban J connectivity index is 2.14. The zero-order valence-corrected chi connectivity index (χ0v) is 12.7. The highest BCUT2D eigenvalue weighted by Crippen LogP contribution is 2.23. The zero-order chi connectivity index (χ0) is 17.0. The van der Waals surface area contributed by atoms with Crippen molar-refractivity contribution in [3.63, 3.8) is 0 Å². The molecule has 0 fully saturated rings. The van der Waals surface area contributed by atoms with Crippen LogP contribution < -0.4 is 5.32 Å². The maximum atomic E-state index is 12.3. The third kappa shape index (κ3) is 4.38. The lowest BCUT2D eigenvalue weighted by molar-refractivity contribution is -0.204. The van der Waals surface area contributed by atoms with Gasteiger partial charge < -0.3 is 10.4 Å². The predicted octanol–water partition coefficient (Wildman–Crippen LogP) is 2.88. The van der Waals surface area contributed by atoms with Crippen molar-refractivity contribution in [3.05, 3.63) is 35.8 Å². The Bertz CT molecular complexity index is 662. The summed E-state index contributed by atoms with van der Waals surface area (Å²) in [6.07, 6.45) is -4.17. The first-order valence-electron chi connectivity index (χ1n) is 7.03. The number of aromatic nitrogens is 3. The number of pyridine rings is 1. The molecule has 0 radical (unpaired) electrons. The quantitative estimate of drug-likeness (QED) is 0.884. The first-order chi connectivity index (χ1) is 10.8. The third-order valence-electron chi connectivity index (χ3n) is 3.40. The van der Waals surface area contributed by atoms with Gasteiger partial charge in [0.15, 0.2) is 11.9 Å². The lowest BCUT2D eigenvalue weighted by atomic mass is 10.2. The molecule has 0 saturated carbocycles.